The monoisotopic (exact) mass is 382 g/mol. The molecular formula is C22H26N2O4. The molecule has 0 atom stereocenters. The molecule has 6 nitrogen and oxygen atoms in total. The molecule has 0 aromatic heterocycles. The molecule has 1 aliphatic heterocycles. The van der Waals surface area contributed by atoms with Crippen molar-refractivity contribution in [1.29, 1.82) is 0 Å². The second-order valence-electron chi connectivity index (χ2n) is 6.69. The summed E-state index contributed by atoms with van der Waals surface area (Å²) in [6.07, 6.45) is 1.07. The Bertz CT molecular complexity index is 829. The van der Waals surface area contributed by atoms with Gasteiger partial charge in [0.15, 0.2) is 0 Å². The molecule has 0 spiro atoms. The highest BCUT2D eigenvalue weighted by Crippen LogP contribution is 2.21. The quantitative estimate of drug-likeness (QED) is 0.771. The second-order valence-corrected chi connectivity index (χ2v) is 6.69. The van der Waals surface area contributed by atoms with Crippen molar-refractivity contribution in [2.75, 3.05) is 40.4 Å². The van der Waals surface area contributed by atoms with Crippen LogP contribution in [0.4, 0.5) is 0 Å². The predicted octanol–water partition coefficient (Wildman–Crippen LogP) is 2.62. The lowest BCUT2D eigenvalue weighted by molar-refractivity contribution is -0.132. The third-order valence-corrected chi connectivity index (χ3v) is 5.06. The number of rotatable bonds is 6. The third kappa shape index (κ3) is 4.44. The number of benzene rings is 2. The highest BCUT2D eigenvalue weighted by Gasteiger charge is 2.26. The number of methoxy groups -OCH3 is 2. The normalized spacial score (nSPS) is 13.9. The lowest BCUT2D eigenvalue weighted by Gasteiger charge is -2.35. The molecule has 3 rings (SSSR count). The van der Waals surface area contributed by atoms with E-state index in [1.54, 1.807) is 31.3 Å². The fourth-order valence-electron chi connectivity index (χ4n) is 3.46. The van der Waals surface area contributed by atoms with Crippen LogP contribution in [0, 0.1) is 0 Å². The van der Waals surface area contributed by atoms with Gasteiger partial charge in [0.25, 0.3) is 5.91 Å². The number of hydrogen-bond acceptors (Lipinski definition) is 4. The zero-order valence-corrected chi connectivity index (χ0v) is 16.4. The van der Waals surface area contributed by atoms with Gasteiger partial charge in [0, 0.05) is 32.6 Å². The molecule has 0 unspecified atom stereocenters. The average molecular weight is 382 g/mol. The summed E-state index contributed by atoms with van der Waals surface area (Å²) in [7, 11) is 3.20. The van der Waals surface area contributed by atoms with E-state index >= 15 is 0 Å². The lowest BCUT2D eigenvalue weighted by Crippen LogP contribution is -2.50. The van der Waals surface area contributed by atoms with Crippen molar-refractivity contribution < 1.29 is 19.1 Å². The first-order valence-electron chi connectivity index (χ1n) is 9.46. The molecule has 0 saturated carbocycles. The molecule has 28 heavy (non-hydrogen) atoms. The first-order valence-corrected chi connectivity index (χ1v) is 9.46. The van der Waals surface area contributed by atoms with Gasteiger partial charge in [0.2, 0.25) is 5.91 Å². The topological polar surface area (TPSA) is 59.1 Å². The van der Waals surface area contributed by atoms with Crippen molar-refractivity contribution in [3.05, 3.63) is 59.7 Å². The third-order valence-electron chi connectivity index (χ3n) is 5.06. The summed E-state index contributed by atoms with van der Waals surface area (Å²) < 4.78 is 10.6. The van der Waals surface area contributed by atoms with E-state index in [9.17, 15) is 9.59 Å². The minimum absolute atomic E-state index is 0.0569. The summed E-state index contributed by atoms with van der Waals surface area (Å²) in [6.45, 7) is 2.14. The SMILES string of the molecule is COc1ccccc1CCC(=O)N1CCN(C(=O)c2ccccc2OC)CC1. The van der Waals surface area contributed by atoms with Crippen molar-refractivity contribution in [2.45, 2.75) is 12.8 Å². The first-order chi connectivity index (χ1) is 13.6. The van der Waals surface area contributed by atoms with Gasteiger partial charge in [-0.15, -0.1) is 0 Å². The first kappa shape index (κ1) is 19.7. The minimum Gasteiger partial charge on any atom is -0.496 e. The van der Waals surface area contributed by atoms with Crippen molar-refractivity contribution >= 4 is 11.8 Å². The van der Waals surface area contributed by atoms with Crippen LogP contribution in [0.25, 0.3) is 0 Å². The molecule has 6 heteroatoms. The van der Waals surface area contributed by atoms with Crippen molar-refractivity contribution in [3.63, 3.8) is 0 Å². The van der Waals surface area contributed by atoms with E-state index in [4.69, 9.17) is 9.47 Å². The fourth-order valence-corrected chi connectivity index (χ4v) is 3.46. The molecule has 1 saturated heterocycles. The Labute approximate surface area is 165 Å². The van der Waals surface area contributed by atoms with Crippen LogP contribution in [0.15, 0.2) is 48.5 Å². The summed E-state index contributed by atoms with van der Waals surface area (Å²) in [5.41, 5.74) is 1.59. The van der Waals surface area contributed by atoms with Crippen molar-refractivity contribution in [2.24, 2.45) is 0 Å². The highest BCUT2D eigenvalue weighted by molar-refractivity contribution is 5.97. The Balaban J connectivity index is 1.53. The highest BCUT2D eigenvalue weighted by atomic mass is 16.5. The van der Waals surface area contributed by atoms with Gasteiger partial charge in [0.05, 0.1) is 19.8 Å². The fraction of sp³-hybridized carbons (Fsp3) is 0.364. The molecular weight excluding hydrogens is 356 g/mol. The van der Waals surface area contributed by atoms with Crippen LogP contribution in [0.1, 0.15) is 22.3 Å². The molecule has 2 aromatic carbocycles. The van der Waals surface area contributed by atoms with Gasteiger partial charge in [-0.25, -0.2) is 0 Å². The largest absolute Gasteiger partial charge is 0.496 e. The summed E-state index contributed by atoms with van der Waals surface area (Å²) in [5, 5.41) is 0. The average Bonchev–Trinajstić information content (AvgIpc) is 2.77. The Morgan fingerprint density at radius 3 is 2.07 bits per heavy atom. The van der Waals surface area contributed by atoms with Crippen LogP contribution < -0.4 is 9.47 Å². The number of amides is 2. The van der Waals surface area contributed by atoms with Gasteiger partial charge in [-0.1, -0.05) is 30.3 Å². The number of hydrogen-bond donors (Lipinski definition) is 0. The van der Waals surface area contributed by atoms with Crippen molar-refractivity contribution in [1.82, 2.24) is 9.80 Å². The molecule has 0 radical (unpaired) electrons. The molecule has 2 aromatic rings. The van der Waals surface area contributed by atoms with Gasteiger partial charge >= 0.3 is 0 Å². The zero-order chi connectivity index (χ0) is 19.9. The molecule has 1 aliphatic rings. The number of piperazine rings is 1. The number of aryl methyl sites for hydroxylation is 1. The number of ether oxygens (including phenoxy) is 2. The summed E-state index contributed by atoms with van der Waals surface area (Å²) in [5.74, 6) is 1.43. The molecule has 1 fully saturated rings. The zero-order valence-electron chi connectivity index (χ0n) is 16.4. The smallest absolute Gasteiger partial charge is 0.257 e. The van der Waals surface area contributed by atoms with Crippen LogP contribution in [0.2, 0.25) is 0 Å². The molecule has 0 aliphatic carbocycles. The van der Waals surface area contributed by atoms with E-state index in [2.05, 4.69) is 0 Å². The van der Waals surface area contributed by atoms with Crippen LogP contribution in [0.5, 0.6) is 11.5 Å². The molecule has 2 amide bonds. The standard InChI is InChI=1S/C22H26N2O4/c1-27-19-9-5-3-7-17(19)11-12-21(25)23-13-15-24(16-14-23)22(26)18-8-4-6-10-20(18)28-2/h3-10H,11-16H2,1-2H3. The van der Waals surface area contributed by atoms with E-state index in [1.807, 2.05) is 41.3 Å². The number of para-hydroxylation sites is 2. The predicted molar refractivity (Wildman–Crippen MR) is 107 cm³/mol. The Morgan fingerprint density at radius 1 is 0.821 bits per heavy atom. The van der Waals surface area contributed by atoms with Crippen LogP contribution >= 0.6 is 0 Å². The van der Waals surface area contributed by atoms with Crippen molar-refractivity contribution in [3.8, 4) is 11.5 Å². The molecule has 1 heterocycles. The number of carbonyl (C=O) groups is 2. The van der Waals surface area contributed by atoms with E-state index in [-0.39, 0.29) is 11.8 Å². The Morgan fingerprint density at radius 2 is 1.39 bits per heavy atom. The van der Waals surface area contributed by atoms with Gasteiger partial charge < -0.3 is 19.3 Å². The molecule has 0 N–H and O–H groups in total. The van der Waals surface area contributed by atoms with Crippen LogP contribution in [-0.2, 0) is 11.2 Å². The Hall–Kier alpha value is -3.02. The maximum Gasteiger partial charge on any atom is 0.257 e. The van der Waals surface area contributed by atoms with E-state index in [0.29, 0.717) is 50.3 Å². The number of carbonyl (C=O) groups excluding carboxylic acids is 2. The maximum atomic E-state index is 12.8. The summed E-state index contributed by atoms with van der Waals surface area (Å²) >= 11 is 0. The number of nitrogens with zero attached hydrogens (tertiary/aromatic N) is 2. The van der Waals surface area contributed by atoms with Gasteiger partial charge in [0.1, 0.15) is 11.5 Å². The lowest BCUT2D eigenvalue weighted by atomic mass is 10.1. The van der Waals surface area contributed by atoms with E-state index < -0.39 is 0 Å². The maximum absolute atomic E-state index is 12.8. The molecule has 0 bridgehead atoms. The minimum atomic E-state index is -0.0569. The molecule has 148 valence electrons. The van der Waals surface area contributed by atoms with Crippen LogP contribution in [-0.4, -0.2) is 62.0 Å². The summed E-state index contributed by atoms with van der Waals surface area (Å²) in [4.78, 5) is 29.0. The van der Waals surface area contributed by atoms with Gasteiger partial charge in [-0.2, -0.15) is 0 Å². The van der Waals surface area contributed by atoms with Crippen LogP contribution in [0.3, 0.4) is 0 Å². The van der Waals surface area contributed by atoms with Gasteiger partial charge in [-0.3, -0.25) is 9.59 Å². The van der Waals surface area contributed by atoms with E-state index in [0.717, 1.165) is 11.3 Å². The summed E-state index contributed by atoms with van der Waals surface area (Å²) in [6, 6.07) is 15.0. The van der Waals surface area contributed by atoms with Gasteiger partial charge in [-0.05, 0) is 30.2 Å². The Kier molecular flexibility index (Phi) is 6.53. The van der Waals surface area contributed by atoms with E-state index in [1.165, 1.54) is 0 Å². The second kappa shape index (κ2) is 9.26.